The SMILES string of the molecule is CC[C@H](N[C@@H](C)C(=O)Nc1c(C)cc(C)cc1C)c1ccc(Br)cc1. The normalized spacial score (nSPS) is 13.4. The van der Waals surface area contributed by atoms with Gasteiger partial charge in [-0.15, -0.1) is 0 Å². The van der Waals surface area contributed by atoms with Crippen LogP contribution < -0.4 is 10.6 Å². The highest BCUT2D eigenvalue weighted by atomic mass is 79.9. The largest absolute Gasteiger partial charge is 0.324 e. The molecule has 2 atom stereocenters. The van der Waals surface area contributed by atoms with Gasteiger partial charge in [0.15, 0.2) is 0 Å². The number of anilines is 1. The first-order valence-corrected chi connectivity index (χ1v) is 9.51. The molecule has 0 fully saturated rings. The zero-order valence-electron chi connectivity index (χ0n) is 15.6. The molecule has 0 bridgehead atoms. The number of hydrogen-bond donors (Lipinski definition) is 2. The van der Waals surface area contributed by atoms with Gasteiger partial charge in [0, 0.05) is 16.2 Å². The Kier molecular flexibility index (Phi) is 6.79. The summed E-state index contributed by atoms with van der Waals surface area (Å²) in [7, 11) is 0. The summed E-state index contributed by atoms with van der Waals surface area (Å²) >= 11 is 3.46. The van der Waals surface area contributed by atoms with Crippen LogP contribution in [0, 0.1) is 20.8 Å². The number of carbonyl (C=O) groups is 1. The Morgan fingerprint density at radius 3 is 2.16 bits per heavy atom. The highest BCUT2D eigenvalue weighted by Crippen LogP contribution is 2.23. The molecule has 0 aromatic heterocycles. The first-order valence-electron chi connectivity index (χ1n) is 8.72. The second-order valence-electron chi connectivity index (χ2n) is 6.66. The summed E-state index contributed by atoms with van der Waals surface area (Å²) in [5.74, 6) is -0.00869. The molecule has 4 heteroatoms. The topological polar surface area (TPSA) is 41.1 Å². The molecular formula is C21H27BrN2O. The van der Waals surface area contributed by atoms with E-state index in [1.165, 1.54) is 11.1 Å². The van der Waals surface area contributed by atoms with E-state index < -0.39 is 0 Å². The zero-order chi connectivity index (χ0) is 18.6. The van der Waals surface area contributed by atoms with Crippen LogP contribution in [0.5, 0.6) is 0 Å². The molecule has 2 aromatic carbocycles. The summed E-state index contributed by atoms with van der Waals surface area (Å²) in [6.45, 7) is 10.2. The van der Waals surface area contributed by atoms with Gasteiger partial charge in [0.25, 0.3) is 0 Å². The fraction of sp³-hybridized carbons (Fsp3) is 0.381. The van der Waals surface area contributed by atoms with Crippen LogP contribution in [0.25, 0.3) is 0 Å². The Hall–Kier alpha value is -1.65. The molecule has 0 spiro atoms. The molecule has 2 aromatic rings. The van der Waals surface area contributed by atoms with E-state index in [0.29, 0.717) is 0 Å². The fourth-order valence-corrected chi connectivity index (χ4v) is 3.40. The molecule has 0 unspecified atom stereocenters. The van der Waals surface area contributed by atoms with Crippen LogP contribution >= 0.6 is 15.9 Å². The lowest BCUT2D eigenvalue weighted by molar-refractivity contribution is -0.118. The molecule has 1 amide bonds. The summed E-state index contributed by atoms with van der Waals surface area (Å²) in [6, 6.07) is 12.3. The molecule has 2 N–H and O–H groups in total. The van der Waals surface area contributed by atoms with Crippen molar-refractivity contribution in [3.63, 3.8) is 0 Å². The van der Waals surface area contributed by atoms with E-state index in [1.54, 1.807) is 0 Å². The lowest BCUT2D eigenvalue weighted by Crippen LogP contribution is -2.40. The average Bonchev–Trinajstić information content (AvgIpc) is 2.56. The molecule has 3 nitrogen and oxygen atoms in total. The van der Waals surface area contributed by atoms with Crippen LogP contribution in [0.1, 0.15) is 48.6 Å². The van der Waals surface area contributed by atoms with Crippen LogP contribution in [0.15, 0.2) is 40.9 Å². The second-order valence-corrected chi connectivity index (χ2v) is 7.58. The van der Waals surface area contributed by atoms with Crippen molar-refractivity contribution < 1.29 is 4.79 Å². The van der Waals surface area contributed by atoms with Crippen molar-refractivity contribution in [1.29, 1.82) is 0 Å². The summed E-state index contributed by atoms with van der Waals surface area (Å²) in [4.78, 5) is 12.7. The van der Waals surface area contributed by atoms with Crippen LogP contribution in [0.4, 0.5) is 5.69 Å². The van der Waals surface area contributed by atoms with Gasteiger partial charge in [-0.3, -0.25) is 10.1 Å². The quantitative estimate of drug-likeness (QED) is 0.674. The molecule has 0 heterocycles. The van der Waals surface area contributed by atoms with Crippen LogP contribution in [-0.2, 0) is 4.79 Å². The third-order valence-corrected chi connectivity index (χ3v) is 4.98. The number of benzene rings is 2. The number of rotatable bonds is 6. The summed E-state index contributed by atoms with van der Waals surface area (Å²) in [5, 5.41) is 6.53. The van der Waals surface area contributed by atoms with Crippen molar-refractivity contribution in [3.8, 4) is 0 Å². The van der Waals surface area contributed by atoms with Crippen molar-refractivity contribution in [3.05, 3.63) is 63.1 Å². The molecule has 134 valence electrons. The van der Waals surface area contributed by atoms with Crippen molar-refractivity contribution >= 4 is 27.5 Å². The first kappa shape index (κ1) is 19.7. The number of amides is 1. The average molecular weight is 403 g/mol. The van der Waals surface area contributed by atoms with Gasteiger partial charge >= 0.3 is 0 Å². The van der Waals surface area contributed by atoms with Gasteiger partial charge in [-0.05, 0) is 62.9 Å². The van der Waals surface area contributed by atoms with E-state index >= 15 is 0 Å². The summed E-state index contributed by atoms with van der Waals surface area (Å²) in [5.41, 5.74) is 5.51. The van der Waals surface area contributed by atoms with Gasteiger partial charge < -0.3 is 5.32 Å². The molecule has 0 aliphatic rings. The molecule has 0 saturated heterocycles. The molecule has 0 aliphatic heterocycles. The van der Waals surface area contributed by atoms with E-state index in [2.05, 4.69) is 64.7 Å². The Balaban J connectivity index is 2.08. The lowest BCUT2D eigenvalue weighted by atomic mass is 10.0. The fourth-order valence-electron chi connectivity index (χ4n) is 3.13. The summed E-state index contributed by atoms with van der Waals surface area (Å²) < 4.78 is 1.06. The predicted molar refractivity (Wildman–Crippen MR) is 109 cm³/mol. The number of halogens is 1. The van der Waals surface area contributed by atoms with Gasteiger partial charge in [-0.25, -0.2) is 0 Å². The maximum Gasteiger partial charge on any atom is 0.241 e. The smallest absolute Gasteiger partial charge is 0.241 e. The van der Waals surface area contributed by atoms with Crippen molar-refractivity contribution in [2.45, 2.75) is 53.1 Å². The maximum atomic E-state index is 12.7. The second kappa shape index (κ2) is 8.63. The van der Waals surface area contributed by atoms with E-state index in [0.717, 1.165) is 27.7 Å². The van der Waals surface area contributed by atoms with E-state index in [1.807, 2.05) is 32.9 Å². The van der Waals surface area contributed by atoms with Gasteiger partial charge in [0.2, 0.25) is 5.91 Å². The number of aryl methyl sites for hydroxylation is 3. The highest BCUT2D eigenvalue weighted by Gasteiger charge is 2.19. The number of carbonyl (C=O) groups excluding carboxylic acids is 1. The van der Waals surface area contributed by atoms with Crippen LogP contribution in [-0.4, -0.2) is 11.9 Å². The van der Waals surface area contributed by atoms with Crippen LogP contribution in [0.3, 0.4) is 0 Å². The van der Waals surface area contributed by atoms with E-state index in [9.17, 15) is 4.79 Å². The molecule has 0 saturated carbocycles. The monoisotopic (exact) mass is 402 g/mol. The molecular weight excluding hydrogens is 376 g/mol. The van der Waals surface area contributed by atoms with E-state index in [-0.39, 0.29) is 18.0 Å². The Labute approximate surface area is 159 Å². The molecule has 0 radical (unpaired) electrons. The standard InChI is InChI=1S/C21H27BrN2O/c1-6-19(17-7-9-18(22)10-8-17)23-16(5)21(25)24-20-14(3)11-13(2)12-15(20)4/h7-12,16,19,23H,6H2,1-5H3,(H,24,25)/t16-,19-/m0/s1. The summed E-state index contributed by atoms with van der Waals surface area (Å²) in [6.07, 6.45) is 0.918. The number of hydrogen-bond acceptors (Lipinski definition) is 2. The van der Waals surface area contributed by atoms with Gasteiger partial charge in [-0.2, -0.15) is 0 Å². The first-order chi connectivity index (χ1) is 11.8. The Morgan fingerprint density at radius 1 is 1.08 bits per heavy atom. The third kappa shape index (κ3) is 5.16. The minimum atomic E-state index is -0.284. The Bertz CT molecular complexity index is 717. The minimum Gasteiger partial charge on any atom is -0.324 e. The van der Waals surface area contributed by atoms with Crippen molar-refractivity contribution in [2.24, 2.45) is 0 Å². The molecule has 0 aliphatic carbocycles. The van der Waals surface area contributed by atoms with Gasteiger partial charge in [0.05, 0.1) is 6.04 Å². The van der Waals surface area contributed by atoms with Crippen molar-refractivity contribution in [1.82, 2.24) is 5.32 Å². The van der Waals surface area contributed by atoms with Gasteiger partial charge in [0.1, 0.15) is 0 Å². The molecule has 25 heavy (non-hydrogen) atoms. The highest BCUT2D eigenvalue weighted by molar-refractivity contribution is 9.10. The molecule has 2 rings (SSSR count). The van der Waals surface area contributed by atoms with Crippen LogP contribution in [0.2, 0.25) is 0 Å². The lowest BCUT2D eigenvalue weighted by Gasteiger charge is -2.23. The minimum absolute atomic E-state index is 0.00869. The maximum absolute atomic E-state index is 12.7. The Morgan fingerprint density at radius 2 is 1.64 bits per heavy atom. The predicted octanol–water partition coefficient (Wildman–Crippen LogP) is 5.44. The number of nitrogens with one attached hydrogen (secondary N) is 2. The van der Waals surface area contributed by atoms with Crippen molar-refractivity contribution in [2.75, 3.05) is 5.32 Å². The van der Waals surface area contributed by atoms with Gasteiger partial charge in [-0.1, -0.05) is 52.7 Å². The van der Waals surface area contributed by atoms with E-state index in [4.69, 9.17) is 0 Å². The zero-order valence-corrected chi connectivity index (χ0v) is 17.2. The third-order valence-electron chi connectivity index (χ3n) is 4.45.